The third-order valence-electron chi connectivity index (χ3n) is 5.48. The Balaban J connectivity index is 1.67. The maximum Gasteiger partial charge on any atom is 0.143 e. The quantitative estimate of drug-likeness (QED) is 0.851. The Morgan fingerprint density at radius 3 is 3.00 bits per heavy atom. The molecule has 0 amide bonds. The van der Waals surface area contributed by atoms with Crippen LogP contribution in [0.2, 0.25) is 5.02 Å². The largest absolute Gasteiger partial charge is 0.490 e. The lowest BCUT2D eigenvalue weighted by atomic mass is 9.88. The van der Waals surface area contributed by atoms with Crippen molar-refractivity contribution in [3.05, 3.63) is 46.7 Å². The van der Waals surface area contributed by atoms with Crippen molar-refractivity contribution in [3.63, 3.8) is 0 Å². The van der Waals surface area contributed by atoms with E-state index in [0.717, 1.165) is 49.5 Å². The Bertz CT molecular complexity index is 825. The Kier molecular flexibility index (Phi) is 3.25. The molecule has 5 heteroatoms. The fourth-order valence-electron chi connectivity index (χ4n) is 4.40. The zero-order valence-corrected chi connectivity index (χ0v) is 13.9. The predicted octanol–water partition coefficient (Wildman–Crippen LogP) is 3.80. The van der Waals surface area contributed by atoms with Crippen LogP contribution in [0.4, 0.5) is 10.1 Å². The van der Waals surface area contributed by atoms with Crippen LogP contribution in [0.1, 0.15) is 17.9 Å². The van der Waals surface area contributed by atoms with Crippen LogP contribution in [0.15, 0.2) is 30.3 Å². The van der Waals surface area contributed by atoms with E-state index in [4.69, 9.17) is 16.3 Å². The first-order valence-electron chi connectivity index (χ1n) is 8.46. The molecule has 0 aliphatic carbocycles. The molecule has 124 valence electrons. The van der Waals surface area contributed by atoms with Crippen molar-refractivity contribution in [2.24, 2.45) is 0 Å². The van der Waals surface area contributed by atoms with Gasteiger partial charge in [-0.05, 0) is 53.9 Å². The third-order valence-corrected chi connectivity index (χ3v) is 5.77. The zero-order chi connectivity index (χ0) is 16.3. The van der Waals surface area contributed by atoms with Gasteiger partial charge in [-0.3, -0.25) is 0 Å². The van der Waals surface area contributed by atoms with E-state index in [1.165, 1.54) is 17.3 Å². The molecule has 3 aliphatic heterocycles. The summed E-state index contributed by atoms with van der Waals surface area (Å²) >= 11 is 5.98. The highest BCUT2D eigenvalue weighted by molar-refractivity contribution is 6.31. The highest BCUT2D eigenvalue weighted by atomic mass is 35.5. The monoisotopic (exact) mass is 344 g/mol. The third kappa shape index (κ3) is 2.06. The standard InChI is InChI=1S/C19H18ClFN2O/c20-15-8-11(1-2-16(15)21)12-7-13-14-10-22-4-3-17(14)23-5-6-24-18(9-12)19(13)23/h1-2,7-9,14,17,22H,3-6,10H2/t14-,17-/m0/s1. The average Bonchev–Trinajstić information content (AvgIpc) is 2.94. The summed E-state index contributed by atoms with van der Waals surface area (Å²) in [6.45, 7) is 3.75. The fourth-order valence-corrected chi connectivity index (χ4v) is 4.58. The summed E-state index contributed by atoms with van der Waals surface area (Å²) in [7, 11) is 0. The van der Waals surface area contributed by atoms with Crippen molar-refractivity contribution in [1.29, 1.82) is 0 Å². The molecule has 1 saturated heterocycles. The number of ether oxygens (including phenoxy) is 1. The van der Waals surface area contributed by atoms with E-state index in [9.17, 15) is 4.39 Å². The van der Waals surface area contributed by atoms with Gasteiger partial charge < -0.3 is 15.0 Å². The molecule has 5 rings (SSSR count). The van der Waals surface area contributed by atoms with Crippen molar-refractivity contribution in [2.75, 3.05) is 31.1 Å². The summed E-state index contributed by atoms with van der Waals surface area (Å²) in [6.07, 6.45) is 1.16. The lowest BCUT2D eigenvalue weighted by molar-refractivity contribution is 0.295. The van der Waals surface area contributed by atoms with Crippen molar-refractivity contribution >= 4 is 17.3 Å². The van der Waals surface area contributed by atoms with E-state index in [0.29, 0.717) is 12.0 Å². The number of anilines is 1. The number of piperidine rings is 1. The molecule has 1 fully saturated rings. The van der Waals surface area contributed by atoms with Gasteiger partial charge in [0.1, 0.15) is 18.2 Å². The van der Waals surface area contributed by atoms with Crippen LogP contribution in [0.5, 0.6) is 5.75 Å². The van der Waals surface area contributed by atoms with Crippen LogP contribution in [-0.4, -0.2) is 32.3 Å². The second-order valence-corrected chi connectivity index (χ2v) is 7.16. The van der Waals surface area contributed by atoms with Gasteiger partial charge in [0, 0.05) is 18.5 Å². The molecule has 0 aromatic heterocycles. The first kappa shape index (κ1) is 14.6. The van der Waals surface area contributed by atoms with Crippen LogP contribution in [0.25, 0.3) is 11.1 Å². The minimum atomic E-state index is -0.387. The highest BCUT2D eigenvalue weighted by Gasteiger charge is 2.43. The molecule has 2 aromatic carbocycles. The molecular weight excluding hydrogens is 327 g/mol. The summed E-state index contributed by atoms with van der Waals surface area (Å²) in [5.74, 6) is 1.05. The molecular formula is C19H18ClFN2O. The summed E-state index contributed by atoms with van der Waals surface area (Å²) in [4.78, 5) is 2.53. The summed E-state index contributed by atoms with van der Waals surface area (Å²) in [6, 6.07) is 9.77. The molecule has 3 nitrogen and oxygen atoms in total. The number of rotatable bonds is 1. The van der Waals surface area contributed by atoms with Crippen molar-refractivity contribution < 1.29 is 9.13 Å². The summed E-state index contributed by atoms with van der Waals surface area (Å²) < 4.78 is 19.5. The number of benzene rings is 2. The lowest BCUT2D eigenvalue weighted by Crippen LogP contribution is -2.46. The Morgan fingerprint density at radius 2 is 2.12 bits per heavy atom. The second-order valence-electron chi connectivity index (χ2n) is 6.75. The van der Waals surface area contributed by atoms with Crippen molar-refractivity contribution in [2.45, 2.75) is 18.4 Å². The number of nitrogens with one attached hydrogen (secondary N) is 1. The lowest BCUT2D eigenvalue weighted by Gasteiger charge is -2.36. The van der Waals surface area contributed by atoms with E-state index in [1.807, 2.05) is 0 Å². The van der Waals surface area contributed by atoms with E-state index in [2.05, 4.69) is 22.3 Å². The Labute approximate surface area is 145 Å². The molecule has 0 radical (unpaired) electrons. The first-order valence-corrected chi connectivity index (χ1v) is 8.84. The van der Waals surface area contributed by atoms with Gasteiger partial charge in [0.05, 0.1) is 17.3 Å². The molecule has 0 bridgehead atoms. The smallest absolute Gasteiger partial charge is 0.143 e. The van der Waals surface area contributed by atoms with Crippen molar-refractivity contribution in [1.82, 2.24) is 5.32 Å². The molecule has 24 heavy (non-hydrogen) atoms. The minimum Gasteiger partial charge on any atom is -0.490 e. The molecule has 1 N–H and O–H groups in total. The van der Waals surface area contributed by atoms with E-state index in [-0.39, 0.29) is 10.8 Å². The normalized spacial score (nSPS) is 24.3. The molecule has 3 aliphatic rings. The number of halogens is 2. The maximum atomic E-state index is 13.5. The summed E-state index contributed by atoms with van der Waals surface area (Å²) in [5.41, 5.74) is 4.57. The molecule has 2 atom stereocenters. The number of nitrogens with zero attached hydrogens (tertiary/aromatic N) is 1. The van der Waals surface area contributed by atoms with Gasteiger partial charge in [-0.1, -0.05) is 17.7 Å². The van der Waals surface area contributed by atoms with Crippen LogP contribution in [0.3, 0.4) is 0 Å². The second kappa shape index (κ2) is 5.36. The maximum absolute atomic E-state index is 13.5. The molecule has 0 saturated carbocycles. The van der Waals surface area contributed by atoms with Gasteiger partial charge in [0.2, 0.25) is 0 Å². The minimum absolute atomic E-state index is 0.154. The Hall–Kier alpha value is -1.78. The zero-order valence-electron chi connectivity index (χ0n) is 13.2. The van der Waals surface area contributed by atoms with E-state index < -0.39 is 0 Å². The van der Waals surface area contributed by atoms with Crippen LogP contribution in [-0.2, 0) is 0 Å². The topological polar surface area (TPSA) is 24.5 Å². The van der Waals surface area contributed by atoms with E-state index in [1.54, 1.807) is 12.1 Å². The van der Waals surface area contributed by atoms with Gasteiger partial charge in [-0.2, -0.15) is 0 Å². The SMILES string of the molecule is Fc1ccc(-c2cc3c4c(c2)[C@@H]2CNCC[C@@H]2N4CCO3)cc1Cl. The Morgan fingerprint density at radius 1 is 1.21 bits per heavy atom. The van der Waals surface area contributed by atoms with Gasteiger partial charge in [0.25, 0.3) is 0 Å². The highest BCUT2D eigenvalue weighted by Crippen LogP contribution is 2.51. The van der Waals surface area contributed by atoms with Gasteiger partial charge >= 0.3 is 0 Å². The molecule has 2 aromatic rings. The van der Waals surface area contributed by atoms with Crippen LogP contribution in [0, 0.1) is 5.82 Å². The first-order chi connectivity index (χ1) is 11.7. The molecule has 0 spiro atoms. The van der Waals surface area contributed by atoms with Crippen LogP contribution >= 0.6 is 11.6 Å². The summed E-state index contributed by atoms with van der Waals surface area (Å²) in [5, 5.41) is 3.67. The van der Waals surface area contributed by atoms with Gasteiger partial charge in [-0.25, -0.2) is 4.39 Å². The van der Waals surface area contributed by atoms with E-state index >= 15 is 0 Å². The van der Waals surface area contributed by atoms with Gasteiger partial charge in [-0.15, -0.1) is 0 Å². The predicted molar refractivity (Wildman–Crippen MR) is 93.7 cm³/mol. The van der Waals surface area contributed by atoms with Gasteiger partial charge in [0.15, 0.2) is 0 Å². The molecule has 0 unspecified atom stereocenters. The fraction of sp³-hybridized carbons (Fsp3) is 0.368. The number of fused-ring (bicyclic) bond motifs is 3. The molecule has 3 heterocycles. The number of hydrogen-bond donors (Lipinski definition) is 1. The average molecular weight is 345 g/mol. The van der Waals surface area contributed by atoms with Crippen molar-refractivity contribution in [3.8, 4) is 16.9 Å². The number of hydrogen-bond acceptors (Lipinski definition) is 3. The van der Waals surface area contributed by atoms with Crippen LogP contribution < -0.4 is 15.0 Å².